The van der Waals surface area contributed by atoms with Gasteiger partial charge in [-0.3, -0.25) is 4.98 Å². The molecule has 1 atom stereocenters. The summed E-state index contributed by atoms with van der Waals surface area (Å²) < 4.78 is 0. The Morgan fingerprint density at radius 3 is 2.65 bits per heavy atom. The SMILES string of the molecule is CC(CNc1cncc(C(=O)O)n1)C(C)(C)C. The standard InChI is InChI=1S/C12H19N3O2/c1-8(12(2,3)4)5-14-10-7-13-6-9(15-10)11(16)17/h6-8H,5H2,1-4H3,(H,14,15)(H,16,17). The Kier molecular flexibility index (Phi) is 4.04. The van der Waals surface area contributed by atoms with Crippen molar-refractivity contribution >= 4 is 11.8 Å². The van der Waals surface area contributed by atoms with Crippen LogP contribution in [0.4, 0.5) is 5.82 Å². The van der Waals surface area contributed by atoms with Crippen LogP contribution in [0.1, 0.15) is 38.2 Å². The van der Waals surface area contributed by atoms with Gasteiger partial charge < -0.3 is 10.4 Å². The quantitative estimate of drug-likeness (QED) is 0.840. The summed E-state index contributed by atoms with van der Waals surface area (Å²) in [7, 11) is 0. The molecule has 0 amide bonds. The fourth-order valence-electron chi connectivity index (χ4n) is 1.12. The highest BCUT2D eigenvalue weighted by Gasteiger charge is 2.19. The maximum atomic E-state index is 10.7. The summed E-state index contributed by atoms with van der Waals surface area (Å²) in [4.78, 5) is 18.5. The lowest BCUT2D eigenvalue weighted by atomic mass is 9.82. The number of hydrogen-bond donors (Lipinski definition) is 2. The van der Waals surface area contributed by atoms with Crippen molar-refractivity contribution in [1.29, 1.82) is 0 Å². The molecule has 0 radical (unpaired) electrons. The Morgan fingerprint density at radius 2 is 2.12 bits per heavy atom. The normalized spacial score (nSPS) is 13.2. The van der Waals surface area contributed by atoms with E-state index in [0.29, 0.717) is 11.7 Å². The summed E-state index contributed by atoms with van der Waals surface area (Å²) in [5.74, 6) is -0.121. The highest BCUT2D eigenvalue weighted by atomic mass is 16.4. The Balaban J connectivity index is 2.64. The van der Waals surface area contributed by atoms with Crippen LogP contribution in [-0.4, -0.2) is 27.6 Å². The van der Waals surface area contributed by atoms with Crippen LogP contribution in [0.3, 0.4) is 0 Å². The van der Waals surface area contributed by atoms with Gasteiger partial charge in [0.15, 0.2) is 5.69 Å². The van der Waals surface area contributed by atoms with Gasteiger partial charge >= 0.3 is 5.97 Å². The molecule has 0 bridgehead atoms. The maximum absolute atomic E-state index is 10.7. The molecule has 0 aliphatic heterocycles. The van der Waals surface area contributed by atoms with Crippen molar-refractivity contribution in [2.75, 3.05) is 11.9 Å². The van der Waals surface area contributed by atoms with Gasteiger partial charge in [0.1, 0.15) is 5.82 Å². The molecule has 0 saturated heterocycles. The van der Waals surface area contributed by atoms with Crippen LogP contribution in [0.25, 0.3) is 0 Å². The van der Waals surface area contributed by atoms with Crippen LogP contribution < -0.4 is 5.32 Å². The smallest absolute Gasteiger partial charge is 0.356 e. The molecule has 17 heavy (non-hydrogen) atoms. The van der Waals surface area contributed by atoms with E-state index in [-0.39, 0.29) is 11.1 Å². The molecule has 0 aromatic carbocycles. The number of aromatic nitrogens is 2. The van der Waals surface area contributed by atoms with E-state index in [9.17, 15) is 4.79 Å². The van der Waals surface area contributed by atoms with Gasteiger partial charge in [-0.1, -0.05) is 27.7 Å². The number of rotatable bonds is 4. The zero-order valence-electron chi connectivity index (χ0n) is 10.7. The average molecular weight is 237 g/mol. The molecule has 1 aromatic heterocycles. The molecular weight excluding hydrogens is 218 g/mol. The molecule has 5 nitrogen and oxygen atoms in total. The average Bonchev–Trinajstić information content (AvgIpc) is 2.25. The summed E-state index contributed by atoms with van der Waals surface area (Å²) in [6.07, 6.45) is 2.77. The lowest BCUT2D eigenvalue weighted by Crippen LogP contribution is -2.25. The van der Waals surface area contributed by atoms with Crippen molar-refractivity contribution in [3.63, 3.8) is 0 Å². The zero-order chi connectivity index (χ0) is 13.1. The van der Waals surface area contributed by atoms with Gasteiger partial charge in [-0.05, 0) is 11.3 Å². The third-order valence-electron chi connectivity index (χ3n) is 2.92. The van der Waals surface area contributed by atoms with E-state index in [2.05, 4.69) is 43.0 Å². The van der Waals surface area contributed by atoms with Crippen molar-refractivity contribution in [1.82, 2.24) is 9.97 Å². The number of hydrogen-bond acceptors (Lipinski definition) is 4. The minimum Gasteiger partial charge on any atom is -0.476 e. The van der Waals surface area contributed by atoms with Gasteiger partial charge in [-0.2, -0.15) is 0 Å². The predicted molar refractivity (Wildman–Crippen MR) is 66.1 cm³/mol. The van der Waals surface area contributed by atoms with Gasteiger partial charge in [-0.15, -0.1) is 0 Å². The van der Waals surface area contributed by atoms with E-state index in [1.165, 1.54) is 12.4 Å². The van der Waals surface area contributed by atoms with Crippen molar-refractivity contribution in [2.45, 2.75) is 27.7 Å². The molecule has 0 fully saturated rings. The molecule has 0 aliphatic rings. The Morgan fingerprint density at radius 1 is 1.47 bits per heavy atom. The van der Waals surface area contributed by atoms with Gasteiger partial charge in [0.25, 0.3) is 0 Å². The van der Waals surface area contributed by atoms with Crippen LogP contribution in [0.2, 0.25) is 0 Å². The number of aromatic carboxylic acids is 1. The van der Waals surface area contributed by atoms with Gasteiger partial charge in [-0.25, -0.2) is 9.78 Å². The second-order valence-electron chi connectivity index (χ2n) is 5.24. The number of nitrogens with one attached hydrogen (secondary N) is 1. The fraction of sp³-hybridized carbons (Fsp3) is 0.583. The van der Waals surface area contributed by atoms with Gasteiger partial charge in [0.05, 0.1) is 12.4 Å². The second-order valence-corrected chi connectivity index (χ2v) is 5.24. The molecule has 94 valence electrons. The van der Waals surface area contributed by atoms with E-state index >= 15 is 0 Å². The summed E-state index contributed by atoms with van der Waals surface area (Å²) in [5, 5.41) is 11.9. The Hall–Kier alpha value is -1.65. The molecule has 1 aromatic rings. The minimum absolute atomic E-state index is 0.0431. The summed E-state index contributed by atoms with van der Waals surface area (Å²) in [6, 6.07) is 0. The minimum atomic E-state index is -1.06. The molecule has 1 rings (SSSR count). The summed E-state index contributed by atoms with van der Waals surface area (Å²) in [5.41, 5.74) is 0.156. The third kappa shape index (κ3) is 4.01. The monoisotopic (exact) mass is 237 g/mol. The molecule has 1 unspecified atom stereocenters. The zero-order valence-corrected chi connectivity index (χ0v) is 10.7. The van der Waals surface area contributed by atoms with E-state index in [1.54, 1.807) is 0 Å². The van der Waals surface area contributed by atoms with Crippen molar-refractivity contribution in [3.8, 4) is 0 Å². The summed E-state index contributed by atoms with van der Waals surface area (Å²) >= 11 is 0. The van der Waals surface area contributed by atoms with E-state index in [4.69, 9.17) is 5.11 Å². The first-order valence-corrected chi connectivity index (χ1v) is 5.60. The maximum Gasteiger partial charge on any atom is 0.356 e. The predicted octanol–water partition coefficient (Wildman–Crippen LogP) is 2.27. The highest BCUT2D eigenvalue weighted by molar-refractivity contribution is 5.85. The lowest BCUT2D eigenvalue weighted by molar-refractivity contribution is 0.0690. The molecule has 5 heteroatoms. The van der Waals surface area contributed by atoms with Crippen LogP contribution in [0, 0.1) is 11.3 Å². The number of nitrogens with zero attached hydrogens (tertiary/aromatic N) is 2. The van der Waals surface area contributed by atoms with E-state index in [0.717, 1.165) is 6.54 Å². The van der Waals surface area contributed by atoms with Gasteiger partial charge in [0.2, 0.25) is 0 Å². The van der Waals surface area contributed by atoms with Crippen LogP contribution in [0.5, 0.6) is 0 Å². The molecular formula is C12H19N3O2. The van der Waals surface area contributed by atoms with Gasteiger partial charge in [0, 0.05) is 6.54 Å². The second kappa shape index (κ2) is 5.12. The molecule has 0 spiro atoms. The first-order chi connectivity index (χ1) is 7.80. The number of anilines is 1. The largest absolute Gasteiger partial charge is 0.476 e. The van der Waals surface area contributed by atoms with Crippen molar-refractivity contribution in [3.05, 3.63) is 18.1 Å². The van der Waals surface area contributed by atoms with Crippen LogP contribution >= 0.6 is 0 Å². The number of carboxylic acid groups (broad SMARTS) is 1. The van der Waals surface area contributed by atoms with Crippen molar-refractivity contribution < 1.29 is 9.90 Å². The topological polar surface area (TPSA) is 75.1 Å². The Labute approximate surface area is 101 Å². The van der Waals surface area contributed by atoms with Crippen molar-refractivity contribution in [2.24, 2.45) is 11.3 Å². The first-order valence-electron chi connectivity index (χ1n) is 5.60. The van der Waals surface area contributed by atoms with Crippen LogP contribution in [-0.2, 0) is 0 Å². The molecule has 2 N–H and O–H groups in total. The summed E-state index contributed by atoms with van der Waals surface area (Å²) in [6.45, 7) is 9.37. The highest BCUT2D eigenvalue weighted by Crippen LogP contribution is 2.25. The van der Waals surface area contributed by atoms with E-state index < -0.39 is 5.97 Å². The number of carboxylic acids is 1. The third-order valence-corrected chi connectivity index (χ3v) is 2.92. The molecule has 0 saturated carbocycles. The number of carbonyl (C=O) groups is 1. The van der Waals surface area contributed by atoms with E-state index in [1.807, 2.05) is 0 Å². The van der Waals surface area contributed by atoms with Crippen LogP contribution in [0.15, 0.2) is 12.4 Å². The Bertz CT molecular complexity index is 399. The first kappa shape index (κ1) is 13.4. The fourth-order valence-corrected chi connectivity index (χ4v) is 1.12. The molecule has 0 aliphatic carbocycles. The molecule has 1 heterocycles. The lowest BCUT2D eigenvalue weighted by Gasteiger charge is -2.27.